The van der Waals surface area contributed by atoms with Gasteiger partial charge in [-0.05, 0) is 53.8 Å². The van der Waals surface area contributed by atoms with Crippen LogP contribution in [0.3, 0.4) is 0 Å². The molecule has 0 atom stereocenters. The number of anilines is 2. The van der Waals surface area contributed by atoms with Crippen molar-refractivity contribution in [1.82, 2.24) is 0 Å². The fourth-order valence-electron chi connectivity index (χ4n) is 3.48. The molecule has 0 bridgehead atoms. The molecule has 4 rings (SSSR count). The second-order valence-electron chi connectivity index (χ2n) is 6.77. The lowest BCUT2D eigenvalue weighted by Crippen LogP contribution is -2.24. The van der Waals surface area contributed by atoms with E-state index in [1.807, 2.05) is 48.5 Å². The van der Waals surface area contributed by atoms with Gasteiger partial charge >= 0.3 is 0 Å². The maximum atomic E-state index is 12.6. The minimum atomic E-state index is -0.0805. The molecule has 0 unspecified atom stereocenters. The van der Waals surface area contributed by atoms with Crippen LogP contribution in [0.5, 0.6) is 0 Å². The third-order valence-electron chi connectivity index (χ3n) is 4.95. The lowest BCUT2D eigenvalue weighted by atomic mass is 10.0. The van der Waals surface area contributed by atoms with Gasteiger partial charge < -0.3 is 10.2 Å². The van der Waals surface area contributed by atoms with Crippen molar-refractivity contribution in [2.75, 3.05) is 23.8 Å². The predicted octanol–water partition coefficient (Wildman–Crippen LogP) is 4.99. The first-order valence-corrected chi connectivity index (χ1v) is 9.01. The Morgan fingerprint density at radius 1 is 0.923 bits per heavy atom. The molecule has 1 aliphatic rings. The predicted molar refractivity (Wildman–Crippen MR) is 108 cm³/mol. The molecule has 0 fully saturated rings. The number of amides is 1. The maximum absolute atomic E-state index is 12.6. The molecule has 3 aromatic rings. The van der Waals surface area contributed by atoms with E-state index in [1.54, 1.807) is 0 Å². The van der Waals surface area contributed by atoms with Crippen LogP contribution in [0.25, 0.3) is 11.1 Å². The Morgan fingerprint density at radius 2 is 1.65 bits per heavy atom. The maximum Gasteiger partial charge on any atom is 0.255 e. The molecular weight excluding hydrogens is 320 g/mol. The van der Waals surface area contributed by atoms with Gasteiger partial charge in [0.1, 0.15) is 0 Å². The number of rotatable bonds is 3. The first-order chi connectivity index (χ1) is 12.7. The van der Waals surface area contributed by atoms with Crippen molar-refractivity contribution in [3.8, 4) is 11.1 Å². The molecule has 26 heavy (non-hydrogen) atoms. The van der Waals surface area contributed by atoms with E-state index in [4.69, 9.17) is 0 Å². The summed E-state index contributed by atoms with van der Waals surface area (Å²) in [7, 11) is 2.10. The van der Waals surface area contributed by atoms with Gasteiger partial charge in [0.2, 0.25) is 0 Å². The topological polar surface area (TPSA) is 32.3 Å². The Kier molecular flexibility index (Phi) is 4.44. The fourth-order valence-corrected chi connectivity index (χ4v) is 3.48. The smallest absolute Gasteiger partial charge is 0.255 e. The molecular formula is C23H22N2O. The highest BCUT2D eigenvalue weighted by molar-refractivity contribution is 6.04. The van der Waals surface area contributed by atoms with Gasteiger partial charge in [0.05, 0.1) is 0 Å². The van der Waals surface area contributed by atoms with Crippen LogP contribution >= 0.6 is 0 Å². The first-order valence-electron chi connectivity index (χ1n) is 9.01. The lowest BCUT2D eigenvalue weighted by molar-refractivity contribution is 0.102. The summed E-state index contributed by atoms with van der Waals surface area (Å²) in [5.74, 6) is -0.0805. The summed E-state index contributed by atoms with van der Waals surface area (Å²) in [5.41, 5.74) is 6.33. The van der Waals surface area contributed by atoms with Crippen LogP contribution in [0.4, 0.5) is 11.4 Å². The van der Waals surface area contributed by atoms with Gasteiger partial charge in [-0.3, -0.25) is 4.79 Å². The van der Waals surface area contributed by atoms with Crippen molar-refractivity contribution < 1.29 is 4.79 Å². The van der Waals surface area contributed by atoms with E-state index in [0.717, 1.165) is 29.8 Å². The summed E-state index contributed by atoms with van der Waals surface area (Å²) < 4.78 is 0. The lowest BCUT2D eigenvalue weighted by Gasteiger charge is -2.28. The standard InChI is InChI=1S/C23H22N2O/c1-25-15-5-8-19-13-14-21(16-22(19)25)24-23(26)20-11-9-18(10-12-20)17-6-3-2-4-7-17/h2-4,6-7,9-14,16H,5,8,15H2,1H3,(H,24,26). The van der Waals surface area contributed by atoms with Crippen molar-refractivity contribution in [1.29, 1.82) is 0 Å². The molecule has 0 aromatic heterocycles. The van der Waals surface area contributed by atoms with Crippen molar-refractivity contribution in [2.45, 2.75) is 12.8 Å². The van der Waals surface area contributed by atoms with E-state index in [0.29, 0.717) is 5.56 Å². The monoisotopic (exact) mass is 342 g/mol. The van der Waals surface area contributed by atoms with E-state index in [1.165, 1.54) is 17.7 Å². The summed E-state index contributed by atoms with van der Waals surface area (Å²) in [4.78, 5) is 14.8. The minimum Gasteiger partial charge on any atom is -0.374 e. The van der Waals surface area contributed by atoms with Crippen molar-refractivity contribution in [3.63, 3.8) is 0 Å². The molecule has 1 heterocycles. The molecule has 3 aromatic carbocycles. The Labute approximate surface area is 154 Å². The number of aryl methyl sites for hydroxylation is 1. The highest BCUT2D eigenvalue weighted by Crippen LogP contribution is 2.29. The van der Waals surface area contributed by atoms with Gasteiger partial charge in [0.15, 0.2) is 0 Å². The molecule has 0 spiro atoms. The second kappa shape index (κ2) is 7.04. The number of nitrogens with zero attached hydrogens (tertiary/aromatic N) is 1. The highest BCUT2D eigenvalue weighted by Gasteiger charge is 2.15. The summed E-state index contributed by atoms with van der Waals surface area (Å²) in [6.45, 7) is 1.06. The van der Waals surface area contributed by atoms with Crippen LogP contribution in [0, 0.1) is 0 Å². The molecule has 1 N–H and O–H groups in total. The Morgan fingerprint density at radius 3 is 2.42 bits per heavy atom. The van der Waals surface area contributed by atoms with Gasteiger partial charge in [-0.25, -0.2) is 0 Å². The van der Waals surface area contributed by atoms with Crippen LogP contribution < -0.4 is 10.2 Å². The zero-order chi connectivity index (χ0) is 17.9. The van der Waals surface area contributed by atoms with Crippen LogP contribution in [-0.4, -0.2) is 19.5 Å². The molecule has 1 aliphatic heterocycles. The normalized spacial score (nSPS) is 13.2. The van der Waals surface area contributed by atoms with Crippen molar-refractivity contribution >= 4 is 17.3 Å². The van der Waals surface area contributed by atoms with E-state index in [2.05, 4.69) is 41.5 Å². The molecule has 130 valence electrons. The number of hydrogen-bond donors (Lipinski definition) is 1. The Hall–Kier alpha value is -3.07. The van der Waals surface area contributed by atoms with Gasteiger partial charge in [-0.2, -0.15) is 0 Å². The van der Waals surface area contributed by atoms with E-state index in [9.17, 15) is 4.79 Å². The van der Waals surface area contributed by atoms with Crippen LogP contribution in [0.1, 0.15) is 22.3 Å². The number of fused-ring (bicyclic) bond motifs is 1. The van der Waals surface area contributed by atoms with Crippen LogP contribution in [-0.2, 0) is 6.42 Å². The summed E-state index contributed by atoms with van der Waals surface area (Å²) in [6, 6.07) is 24.1. The molecule has 0 radical (unpaired) electrons. The zero-order valence-electron chi connectivity index (χ0n) is 14.9. The third-order valence-corrected chi connectivity index (χ3v) is 4.95. The quantitative estimate of drug-likeness (QED) is 0.727. The summed E-state index contributed by atoms with van der Waals surface area (Å²) in [6.07, 6.45) is 2.29. The number of carbonyl (C=O) groups excluding carboxylic acids is 1. The summed E-state index contributed by atoms with van der Waals surface area (Å²) >= 11 is 0. The van der Waals surface area contributed by atoms with Crippen molar-refractivity contribution in [3.05, 3.63) is 83.9 Å². The number of carbonyl (C=O) groups is 1. The summed E-state index contributed by atoms with van der Waals surface area (Å²) in [5, 5.41) is 3.02. The third kappa shape index (κ3) is 3.33. The zero-order valence-corrected chi connectivity index (χ0v) is 14.9. The first kappa shape index (κ1) is 16.4. The Bertz CT molecular complexity index is 917. The molecule has 0 saturated carbocycles. The number of benzene rings is 3. The van der Waals surface area contributed by atoms with Crippen molar-refractivity contribution in [2.24, 2.45) is 0 Å². The molecule has 3 nitrogen and oxygen atoms in total. The van der Waals surface area contributed by atoms with E-state index in [-0.39, 0.29) is 5.91 Å². The van der Waals surface area contributed by atoms with Crippen LogP contribution in [0.15, 0.2) is 72.8 Å². The van der Waals surface area contributed by atoms with Gasteiger partial charge in [0.25, 0.3) is 5.91 Å². The van der Waals surface area contributed by atoms with E-state index >= 15 is 0 Å². The average molecular weight is 342 g/mol. The van der Waals surface area contributed by atoms with Gasteiger partial charge in [0, 0.05) is 30.5 Å². The van der Waals surface area contributed by atoms with Crippen LogP contribution in [0.2, 0.25) is 0 Å². The minimum absolute atomic E-state index is 0.0805. The number of nitrogens with one attached hydrogen (secondary N) is 1. The van der Waals surface area contributed by atoms with Gasteiger partial charge in [-0.15, -0.1) is 0 Å². The molecule has 0 saturated heterocycles. The molecule has 1 amide bonds. The SMILES string of the molecule is CN1CCCc2ccc(NC(=O)c3ccc(-c4ccccc4)cc3)cc21. The second-order valence-corrected chi connectivity index (χ2v) is 6.77. The fraction of sp³-hybridized carbons (Fsp3) is 0.174. The van der Waals surface area contributed by atoms with Gasteiger partial charge in [-0.1, -0.05) is 48.5 Å². The highest BCUT2D eigenvalue weighted by atomic mass is 16.1. The largest absolute Gasteiger partial charge is 0.374 e. The molecule has 0 aliphatic carbocycles. The number of hydrogen-bond acceptors (Lipinski definition) is 2. The van der Waals surface area contributed by atoms with E-state index < -0.39 is 0 Å². The Balaban J connectivity index is 1.51. The molecule has 3 heteroatoms. The average Bonchev–Trinajstić information content (AvgIpc) is 2.69.